The predicted octanol–water partition coefficient (Wildman–Crippen LogP) is 3.14. The van der Waals surface area contributed by atoms with Crippen molar-refractivity contribution in [2.75, 3.05) is 26.2 Å². The first kappa shape index (κ1) is 21.9. The summed E-state index contributed by atoms with van der Waals surface area (Å²) >= 11 is 0. The molecular formula is C15H25Cl2N3O3. The van der Waals surface area contributed by atoms with Gasteiger partial charge in [-0.25, -0.2) is 0 Å². The van der Waals surface area contributed by atoms with Crippen molar-refractivity contribution < 1.29 is 10.0 Å². The van der Waals surface area contributed by atoms with E-state index in [1.54, 1.807) is 0 Å². The second-order valence-corrected chi connectivity index (χ2v) is 6.55. The van der Waals surface area contributed by atoms with E-state index in [0.717, 1.165) is 26.2 Å². The summed E-state index contributed by atoms with van der Waals surface area (Å²) < 4.78 is 0. The van der Waals surface area contributed by atoms with E-state index in [4.69, 9.17) is 0 Å². The molecule has 0 saturated carbocycles. The number of aromatic hydroxyl groups is 1. The SMILES string of the molecule is CC(C)(C)[C@H](c1cc(O)ccc1[N+](=O)[O-])N1CCNCC1.Cl.Cl. The van der Waals surface area contributed by atoms with Crippen molar-refractivity contribution in [1.82, 2.24) is 10.2 Å². The second kappa shape index (κ2) is 8.68. The molecule has 0 spiro atoms. The van der Waals surface area contributed by atoms with E-state index in [1.807, 2.05) is 0 Å². The van der Waals surface area contributed by atoms with Gasteiger partial charge in [0, 0.05) is 38.3 Å². The van der Waals surface area contributed by atoms with Gasteiger partial charge < -0.3 is 10.4 Å². The molecule has 1 aliphatic heterocycles. The third-order valence-corrected chi connectivity index (χ3v) is 3.84. The van der Waals surface area contributed by atoms with Crippen molar-refractivity contribution >= 4 is 30.5 Å². The molecule has 0 bridgehead atoms. The molecule has 1 aromatic rings. The number of benzene rings is 1. The minimum absolute atomic E-state index is 0. The number of nitrogens with zero attached hydrogens (tertiary/aromatic N) is 2. The summed E-state index contributed by atoms with van der Waals surface area (Å²) in [7, 11) is 0. The van der Waals surface area contributed by atoms with Crippen LogP contribution >= 0.6 is 24.8 Å². The lowest BCUT2D eigenvalue weighted by Gasteiger charge is -2.42. The van der Waals surface area contributed by atoms with Gasteiger partial charge in [0.2, 0.25) is 0 Å². The van der Waals surface area contributed by atoms with Crippen LogP contribution in [0.15, 0.2) is 18.2 Å². The molecule has 0 amide bonds. The highest BCUT2D eigenvalue weighted by atomic mass is 35.5. The van der Waals surface area contributed by atoms with Crippen LogP contribution in [0.1, 0.15) is 32.4 Å². The van der Waals surface area contributed by atoms with E-state index >= 15 is 0 Å². The first-order chi connectivity index (χ1) is 9.80. The molecule has 0 aliphatic carbocycles. The lowest BCUT2D eigenvalue weighted by molar-refractivity contribution is -0.386. The Balaban J connectivity index is 0.00000242. The molecule has 1 aromatic carbocycles. The van der Waals surface area contributed by atoms with Gasteiger partial charge in [0.05, 0.1) is 10.5 Å². The van der Waals surface area contributed by atoms with Gasteiger partial charge in [0.25, 0.3) is 5.69 Å². The predicted molar refractivity (Wildman–Crippen MR) is 95.9 cm³/mol. The Kier molecular flexibility index (Phi) is 8.28. The van der Waals surface area contributed by atoms with E-state index in [2.05, 4.69) is 31.0 Å². The van der Waals surface area contributed by atoms with Gasteiger partial charge in [-0.2, -0.15) is 0 Å². The van der Waals surface area contributed by atoms with Crippen LogP contribution in [0, 0.1) is 15.5 Å². The number of phenolic OH excluding ortho intramolecular Hbond substituents is 1. The Hall–Kier alpha value is -1.08. The fourth-order valence-electron chi connectivity index (χ4n) is 3.08. The highest BCUT2D eigenvalue weighted by molar-refractivity contribution is 5.85. The maximum absolute atomic E-state index is 11.3. The van der Waals surface area contributed by atoms with Crippen LogP contribution < -0.4 is 5.32 Å². The molecule has 1 saturated heterocycles. The zero-order valence-corrected chi connectivity index (χ0v) is 15.2. The van der Waals surface area contributed by atoms with Gasteiger partial charge in [-0.15, -0.1) is 24.8 Å². The van der Waals surface area contributed by atoms with Crippen LogP contribution in [0.4, 0.5) is 5.69 Å². The van der Waals surface area contributed by atoms with E-state index in [9.17, 15) is 15.2 Å². The summed E-state index contributed by atoms with van der Waals surface area (Å²) in [5.41, 5.74) is 0.497. The zero-order chi connectivity index (χ0) is 15.6. The van der Waals surface area contributed by atoms with Gasteiger partial charge in [-0.3, -0.25) is 15.0 Å². The molecule has 1 fully saturated rings. The number of piperazine rings is 1. The fraction of sp³-hybridized carbons (Fsp3) is 0.600. The van der Waals surface area contributed by atoms with Crippen molar-refractivity contribution in [2.24, 2.45) is 5.41 Å². The molecule has 0 unspecified atom stereocenters. The average Bonchev–Trinajstić information content (AvgIpc) is 2.38. The molecule has 0 aromatic heterocycles. The smallest absolute Gasteiger partial charge is 0.274 e. The molecule has 2 rings (SSSR count). The first-order valence-electron chi connectivity index (χ1n) is 7.23. The summed E-state index contributed by atoms with van der Waals surface area (Å²) in [6.45, 7) is 9.66. The van der Waals surface area contributed by atoms with Crippen LogP contribution in [0.2, 0.25) is 0 Å². The molecule has 1 aliphatic rings. The number of phenols is 1. The second-order valence-electron chi connectivity index (χ2n) is 6.55. The average molecular weight is 366 g/mol. The number of hydrogen-bond acceptors (Lipinski definition) is 5. The molecular weight excluding hydrogens is 341 g/mol. The summed E-state index contributed by atoms with van der Waals surface area (Å²) in [5, 5.41) is 24.4. The van der Waals surface area contributed by atoms with Gasteiger partial charge in [-0.05, 0) is 17.5 Å². The van der Waals surface area contributed by atoms with Crippen LogP contribution in [-0.2, 0) is 0 Å². The molecule has 132 valence electrons. The number of halogens is 2. The van der Waals surface area contributed by atoms with Crippen molar-refractivity contribution in [1.29, 1.82) is 0 Å². The molecule has 8 heteroatoms. The molecule has 0 radical (unpaired) electrons. The summed E-state index contributed by atoms with van der Waals surface area (Å²) in [6, 6.07) is 4.20. The van der Waals surface area contributed by atoms with Crippen LogP contribution in [0.25, 0.3) is 0 Å². The zero-order valence-electron chi connectivity index (χ0n) is 13.6. The fourth-order valence-corrected chi connectivity index (χ4v) is 3.08. The Morgan fingerprint density at radius 1 is 1.26 bits per heavy atom. The van der Waals surface area contributed by atoms with Crippen LogP contribution in [0.5, 0.6) is 5.75 Å². The standard InChI is InChI=1S/C15H23N3O3.2ClH/c1-15(2,3)14(17-8-6-16-7-9-17)12-10-11(19)4-5-13(12)18(20)21;;/h4-5,10,14,16,19H,6-9H2,1-3H3;2*1H/t14-;;/m0../s1. The lowest BCUT2D eigenvalue weighted by Crippen LogP contribution is -2.48. The largest absolute Gasteiger partial charge is 0.508 e. The van der Waals surface area contributed by atoms with Crippen molar-refractivity contribution in [3.63, 3.8) is 0 Å². The van der Waals surface area contributed by atoms with Gasteiger partial charge in [0.15, 0.2) is 0 Å². The van der Waals surface area contributed by atoms with E-state index < -0.39 is 0 Å². The Bertz CT molecular complexity index is 529. The number of hydrogen-bond donors (Lipinski definition) is 2. The van der Waals surface area contributed by atoms with Crippen molar-refractivity contribution in [2.45, 2.75) is 26.8 Å². The minimum Gasteiger partial charge on any atom is -0.508 e. The van der Waals surface area contributed by atoms with Crippen molar-refractivity contribution in [3.05, 3.63) is 33.9 Å². The highest BCUT2D eigenvalue weighted by Crippen LogP contribution is 2.42. The number of nitro groups is 1. The maximum Gasteiger partial charge on any atom is 0.274 e. The highest BCUT2D eigenvalue weighted by Gasteiger charge is 2.36. The molecule has 1 heterocycles. The normalized spacial score (nSPS) is 16.8. The third kappa shape index (κ3) is 5.21. The third-order valence-electron chi connectivity index (χ3n) is 3.84. The Morgan fingerprint density at radius 3 is 2.30 bits per heavy atom. The first-order valence-corrected chi connectivity index (χ1v) is 7.23. The van der Waals surface area contributed by atoms with Gasteiger partial charge in [-0.1, -0.05) is 20.8 Å². The van der Waals surface area contributed by atoms with Gasteiger partial charge in [0.1, 0.15) is 5.75 Å². The summed E-state index contributed by atoms with van der Waals surface area (Å²) in [4.78, 5) is 13.2. The van der Waals surface area contributed by atoms with Crippen LogP contribution in [-0.4, -0.2) is 41.1 Å². The van der Waals surface area contributed by atoms with Crippen LogP contribution in [0.3, 0.4) is 0 Å². The summed E-state index contributed by atoms with van der Waals surface area (Å²) in [5.74, 6) is 0.0694. The molecule has 6 nitrogen and oxygen atoms in total. The van der Waals surface area contributed by atoms with E-state index in [1.165, 1.54) is 18.2 Å². The number of nitro benzene ring substituents is 1. The summed E-state index contributed by atoms with van der Waals surface area (Å²) in [6.07, 6.45) is 0. The Labute approximate surface area is 149 Å². The molecule has 1 atom stereocenters. The van der Waals surface area contributed by atoms with E-state index in [0.29, 0.717) is 5.56 Å². The van der Waals surface area contributed by atoms with E-state index in [-0.39, 0.29) is 52.6 Å². The van der Waals surface area contributed by atoms with Gasteiger partial charge >= 0.3 is 0 Å². The quantitative estimate of drug-likeness (QED) is 0.635. The minimum atomic E-state index is -0.365. The molecule has 2 N–H and O–H groups in total. The lowest BCUT2D eigenvalue weighted by atomic mass is 9.80. The Morgan fingerprint density at radius 2 is 1.83 bits per heavy atom. The monoisotopic (exact) mass is 365 g/mol. The molecule has 23 heavy (non-hydrogen) atoms. The number of nitrogens with one attached hydrogen (secondary N) is 1. The maximum atomic E-state index is 11.3. The number of rotatable bonds is 3. The topological polar surface area (TPSA) is 78.6 Å². The van der Waals surface area contributed by atoms with Crippen molar-refractivity contribution in [3.8, 4) is 5.75 Å².